The fourth-order valence-corrected chi connectivity index (χ4v) is 2.36. The van der Waals surface area contributed by atoms with Crippen LogP contribution in [0.25, 0.3) is 0 Å². The van der Waals surface area contributed by atoms with Crippen LogP contribution in [0.15, 0.2) is 24.3 Å². The summed E-state index contributed by atoms with van der Waals surface area (Å²) < 4.78 is 13.7. The molecule has 92 valence electrons. The SMILES string of the molecule is O=C(O)[C@H](c1ccccc1F)N1CCCCC1. The van der Waals surface area contributed by atoms with E-state index in [1.807, 2.05) is 4.90 Å². The normalized spacial score (nSPS) is 18.9. The number of benzene rings is 1. The Labute approximate surface area is 99.9 Å². The second-order valence-electron chi connectivity index (χ2n) is 4.36. The third-order valence-electron chi connectivity index (χ3n) is 3.19. The smallest absolute Gasteiger partial charge is 0.325 e. The number of hydrogen-bond donors (Lipinski definition) is 1. The van der Waals surface area contributed by atoms with Crippen LogP contribution in [0.2, 0.25) is 0 Å². The van der Waals surface area contributed by atoms with Crippen molar-refractivity contribution in [2.24, 2.45) is 0 Å². The topological polar surface area (TPSA) is 40.5 Å². The number of aliphatic carboxylic acids is 1. The zero-order valence-electron chi connectivity index (χ0n) is 9.60. The lowest BCUT2D eigenvalue weighted by Gasteiger charge is -2.32. The number of carboxylic acids is 1. The first-order valence-electron chi connectivity index (χ1n) is 5.91. The number of carboxylic acid groups (broad SMARTS) is 1. The van der Waals surface area contributed by atoms with Crippen LogP contribution in [-0.4, -0.2) is 29.1 Å². The van der Waals surface area contributed by atoms with Gasteiger partial charge in [-0.15, -0.1) is 0 Å². The molecule has 1 atom stereocenters. The number of carbonyl (C=O) groups is 1. The van der Waals surface area contributed by atoms with Gasteiger partial charge in [-0.3, -0.25) is 9.69 Å². The molecule has 1 saturated heterocycles. The minimum absolute atomic E-state index is 0.266. The molecular weight excluding hydrogens is 221 g/mol. The average Bonchev–Trinajstić information content (AvgIpc) is 2.33. The molecule has 1 aliphatic rings. The lowest BCUT2D eigenvalue weighted by Crippen LogP contribution is -2.38. The highest BCUT2D eigenvalue weighted by molar-refractivity contribution is 5.75. The van der Waals surface area contributed by atoms with Crippen LogP contribution in [-0.2, 0) is 4.79 Å². The van der Waals surface area contributed by atoms with Crippen LogP contribution in [0.3, 0.4) is 0 Å². The first kappa shape index (κ1) is 12.0. The van der Waals surface area contributed by atoms with Crippen LogP contribution in [0.1, 0.15) is 30.9 Å². The highest BCUT2D eigenvalue weighted by Gasteiger charge is 2.30. The van der Waals surface area contributed by atoms with E-state index in [9.17, 15) is 14.3 Å². The van der Waals surface area contributed by atoms with Crippen molar-refractivity contribution < 1.29 is 14.3 Å². The molecule has 0 aromatic heterocycles. The predicted molar refractivity (Wildman–Crippen MR) is 62.2 cm³/mol. The van der Waals surface area contributed by atoms with Crippen molar-refractivity contribution in [3.63, 3.8) is 0 Å². The molecule has 0 aliphatic carbocycles. The number of likely N-dealkylation sites (tertiary alicyclic amines) is 1. The van der Waals surface area contributed by atoms with Gasteiger partial charge in [0, 0.05) is 5.56 Å². The second-order valence-corrected chi connectivity index (χ2v) is 4.36. The summed E-state index contributed by atoms with van der Waals surface area (Å²) in [5, 5.41) is 9.30. The lowest BCUT2D eigenvalue weighted by atomic mass is 10.0. The fourth-order valence-electron chi connectivity index (χ4n) is 2.36. The molecule has 2 rings (SSSR count). The molecule has 0 radical (unpaired) electrons. The minimum atomic E-state index is -0.975. The van der Waals surface area contributed by atoms with Gasteiger partial charge in [-0.05, 0) is 32.0 Å². The number of rotatable bonds is 3. The van der Waals surface area contributed by atoms with E-state index in [0.29, 0.717) is 0 Å². The Morgan fingerprint density at radius 2 is 1.88 bits per heavy atom. The molecule has 1 N–H and O–H groups in total. The molecular formula is C13H16FNO2. The largest absolute Gasteiger partial charge is 0.480 e. The van der Waals surface area contributed by atoms with Crippen molar-refractivity contribution in [1.29, 1.82) is 0 Å². The summed E-state index contributed by atoms with van der Waals surface area (Å²) in [4.78, 5) is 13.2. The molecule has 0 amide bonds. The van der Waals surface area contributed by atoms with E-state index in [4.69, 9.17) is 0 Å². The van der Waals surface area contributed by atoms with Crippen molar-refractivity contribution in [2.75, 3.05) is 13.1 Å². The Morgan fingerprint density at radius 3 is 2.47 bits per heavy atom. The standard InChI is InChI=1S/C13H16FNO2/c14-11-7-3-2-6-10(11)12(13(16)17)15-8-4-1-5-9-15/h2-3,6-7,12H,1,4-5,8-9H2,(H,16,17)/t12-/m0/s1. The molecule has 17 heavy (non-hydrogen) atoms. The van der Waals surface area contributed by atoms with Gasteiger partial charge in [0.05, 0.1) is 0 Å². The zero-order chi connectivity index (χ0) is 12.3. The van der Waals surface area contributed by atoms with Gasteiger partial charge in [0.2, 0.25) is 0 Å². The van der Waals surface area contributed by atoms with E-state index >= 15 is 0 Å². The Balaban J connectivity index is 2.28. The van der Waals surface area contributed by atoms with E-state index in [1.54, 1.807) is 18.2 Å². The summed E-state index contributed by atoms with van der Waals surface area (Å²) in [6.45, 7) is 1.45. The highest BCUT2D eigenvalue weighted by Crippen LogP contribution is 2.26. The summed E-state index contributed by atoms with van der Waals surface area (Å²) in [7, 11) is 0. The Bertz CT molecular complexity index is 402. The minimum Gasteiger partial charge on any atom is -0.480 e. The molecule has 1 aromatic rings. The van der Waals surface area contributed by atoms with Gasteiger partial charge in [0.25, 0.3) is 0 Å². The number of hydrogen-bond acceptors (Lipinski definition) is 2. The molecule has 1 aliphatic heterocycles. The third kappa shape index (κ3) is 2.64. The van der Waals surface area contributed by atoms with E-state index in [1.165, 1.54) is 6.07 Å². The average molecular weight is 237 g/mol. The van der Waals surface area contributed by atoms with E-state index < -0.39 is 17.8 Å². The quantitative estimate of drug-likeness (QED) is 0.877. The second kappa shape index (κ2) is 5.27. The zero-order valence-corrected chi connectivity index (χ0v) is 9.60. The molecule has 0 bridgehead atoms. The first-order chi connectivity index (χ1) is 8.20. The molecule has 3 nitrogen and oxygen atoms in total. The van der Waals surface area contributed by atoms with Crippen LogP contribution in [0.5, 0.6) is 0 Å². The fraction of sp³-hybridized carbons (Fsp3) is 0.462. The van der Waals surface area contributed by atoms with Crippen molar-refractivity contribution in [1.82, 2.24) is 4.90 Å². The summed E-state index contributed by atoms with van der Waals surface area (Å²) in [6, 6.07) is 5.28. The van der Waals surface area contributed by atoms with Crippen LogP contribution in [0, 0.1) is 5.82 Å². The van der Waals surface area contributed by atoms with Crippen molar-refractivity contribution in [3.8, 4) is 0 Å². The number of piperidine rings is 1. The summed E-state index contributed by atoms with van der Waals surface area (Å²) in [6.07, 6.45) is 3.09. The lowest BCUT2D eigenvalue weighted by molar-refractivity contribution is -0.144. The number of nitrogens with zero attached hydrogens (tertiary/aromatic N) is 1. The van der Waals surface area contributed by atoms with Crippen LogP contribution in [0.4, 0.5) is 4.39 Å². The summed E-state index contributed by atoms with van der Waals surface area (Å²) in [5.74, 6) is -1.41. The Hall–Kier alpha value is -1.42. The molecule has 1 fully saturated rings. The highest BCUT2D eigenvalue weighted by atomic mass is 19.1. The maximum atomic E-state index is 13.7. The molecule has 0 spiro atoms. The van der Waals surface area contributed by atoms with Gasteiger partial charge in [-0.25, -0.2) is 4.39 Å². The van der Waals surface area contributed by atoms with Gasteiger partial charge in [-0.2, -0.15) is 0 Å². The van der Waals surface area contributed by atoms with Crippen LogP contribution < -0.4 is 0 Å². The Kier molecular flexibility index (Phi) is 3.74. The van der Waals surface area contributed by atoms with Crippen LogP contribution >= 0.6 is 0 Å². The third-order valence-corrected chi connectivity index (χ3v) is 3.19. The van der Waals surface area contributed by atoms with Gasteiger partial charge in [0.15, 0.2) is 0 Å². The van der Waals surface area contributed by atoms with E-state index in [-0.39, 0.29) is 5.56 Å². The molecule has 0 unspecified atom stereocenters. The molecule has 4 heteroatoms. The maximum absolute atomic E-state index is 13.7. The predicted octanol–water partition coefficient (Wildman–Crippen LogP) is 2.44. The first-order valence-corrected chi connectivity index (χ1v) is 5.91. The Morgan fingerprint density at radius 1 is 1.24 bits per heavy atom. The van der Waals surface area contributed by atoms with Crippen molar-refractivity contribution >= 4 is 5.97 Å². The molecule has 1 aromatic carbocycles. The monoisotopic (exact) mass is 237 g/mol. The summed E-state index contributed by atoms with van der Waals surface area (Å²) in [5.41, 5.74) is 0.266. The van der Waals surface area contributed by atoms with E-state index in [2.05, 4.69) is 0 Å². The molecule has 0 saturated carbocycles. The van der Waals surface area contributed by atoms with Gasteiger partial charge < -0.3 is 5.11 Å². The van der Waals surface area contributed by atoms with Gasteiger partial charge in [-0.1, -0.05) is 24.6 Å². The van der Waals surface area contributed by atoms with E-state index in [0.717, 1.165) is 32.4 Å². The van der Waals surface area contributed by atoms with Gasteiger partial charge >= 0.3 is 5.97 Å². The molecule has 1 heterocycles. The maximum Gasteiger partial charge on any atom is 0.325 e. The van der Waals surface area contributed by atoms with Crippen molar-refractivity contribution in [3.05, 3.63) is 35.6 Å². The van der Waals surface area contributed by atoms with Crippen molar-refractivity contribution in [2.45, 2.75) is 25.3 Å². The summed E-state index contributed by atoms with van der Waals surface area (Å²) >= 11 is 0. The van der Waals surface area contributed by atoms with Gasteiger partial charge in [0.1, 0.15) is 11.9 Å². The number of halogens is 1.